The maximum absolute atomic E-state index is 13.1. The number of aliphatic carboxylic acids is 3. The standard InChI is InChI=1S/C33H51ClFN6O13P/c1-21(9-8-18-54-55(52,53)41-25(33(50)51)13-15-29(45)46)39-28(44)14-12-24(32(48)49)40-27(43)11-5-3-6-16-36-26(42)10-4-2-7-17-37-31(47)22-19-23(34)30(35)38-20-22/h19-21,24-25H,2-18H2,1H3,(H,36,42)(H,37,47)(H,39,44)(H,40,43)(H,45,46)(H,48,49)(H,50,51)(H2,41,52,53)/t21-,24+,25+/m1/s1. The second-order valence-electron chi connectivity index (χ2n) is 12.6. The molecule has 0 bridgehead atoms. The fourth-order valence-corrected chi connectivity index (χ4v) is 6.13. The highest BCUT2D eigenvalue weighted by Gasteiger charge is 2.29. The number of nitrogens with zero attached hydrogens (tertiary/aromatic N) is 1. The number of carboxylic acids is 3. The number of halogens is 2. The number of carbonyl (C=O) groups excluding carboxylic acids is 4. The number of unbranched alkanes of at least 4 members (excludes halogenated alkanes) is 4. The van der Waals surface area contributed by atoms with Crippen LogP contribution in [0.3, 0.4) is 0 Å². The summed E-state index contributed by atoms with van der Waals surface area (Å²) in [5.41, 5.74) is 0.145. The predicted molar refractivity (Wildman–Crippen MR) is 194 cm³/mol. The van der Waals surface area contributed by atoms with Crippen molar-refractivity contribution in [3.63, 3.8) is 0 Å². The van der Waals surface area contributed by atoms with Crippen LogP contribution in [0.15, 0.2) is 12.3 Å². The maximum Gasteiger partial charge on any atom is 0.403 e. The van der Waals surface area contributed by atoms with Gasteiger partial charge in [-0.05, 0) is 64.4 Å². The Balaban J connectivity index is 2.17. The molecule has 1 aromatic rings. The van der Waals surface area contributed by atoms with Crippen LogP contribution in [0.2, 0.25) is 5.02 Å². The first-order valence-electron chi connectivity index (χ1n) is 17.8. The summed E-state index contributed by atoms with van der Waals surface area (Å²) in [4.78, 5) is 95.6. The third-order valence-electron chi connectivity index (χ3n) is 7.84. The van der Waals surface area contributed by atoms with Crippen LogP contribution in [0.5, 0.6) is 0 Å². The normalized spacial score (nSPS) is 13.7. The van der Waals surface area contributed by atoms with E-state index >= 15 is 0 Å². The minimum atomic E-state index is -4.56. The number of rotatable bonds is 30. The fourth-order valence-electron chi connectivity index (χ4n) is 4.88. The Labute approximate surface area is 322 Å². The number of nitrogens with one attached hydrogen (secondary N) is 5. The molecule has 55 heavy (non-hydrogen) atoms. The van der Waals surface area contributed by atoms with Gasteiger partial charge in [-0.3, -0.25) is 33.3 Å². The van der Waals surface area contributed by atoms with Crippen molar-refractivity contribution in [2.45, 2.75) is 115 Å². The third-order valence-corrected chi connectivity index (χ3v) is 9.28. The van der Waals surface area contributed by atoms with Crippen LogP contribution in [-0.2, 0) is 37.9 Å². The molecule has 19 nitrogen and oxygen atoms in total. The van der Waals surface area contributed by atoms with E-state index in [9.17, 15) is 52.5 Å². The molecule has 1 heterocycles. The summed E-state index contributed by atoms with van der Waals surface area (Å²) < 4.78 is 30.1. The topological polar surface area (TPSA) is 300 Å². The van der Waals surface area contributed by atoms with Crippen molar-refractivity contribution >= 4 is 60.9 Å². The molecule has 1 unspecified atom stereocenters. The van der Waals surface area contributed by atoms with Crippen molar-refractivity contribution in [1.82, 2.24) is 31.3 Å². The summed E-state index contributed by atoms with van der Waals surface area (Å²) in [5, 5.41) is 39.5. The molecule has 0 radical (unpaired) electrons. The van der Waals surface area contributed by atoms with Crippen molar-refractivity contribution in [1.29, 1.82) is 0 Å². The van der Waals surface area contributed by atoms with Gasteiger partial charge in [-0.2, -0.15) is 4.39 Å². The zero-order chi connectivity index (χ0) is 41.4. The molecule has 22 heteroatoms. The molecular weight excluding hydrogens is 774 g/mol. The van der Waals surface area contributed by atoms with Gasteiger partial charge in [-0.15, -0.1) is 0 Å². The Hall–Kier alpha value is -4.23. The summed E-state index contributed by atoms with van der Waals surface area (Å²) in [7, 11) is -4.56. The molecule has 0 aliphatic rings. The van der Waals surface area contributed by atoms with Gasteiger partial charge in [0, 0.05) is 51.0 Å². The molecule has 0 saturated heterocycles. The molecule has 0 aliphatic heterocycles. The Bertz CT molecular complexity index is 1510. The van der Waals surface area contributed by atoms with E-state index in [-0.39, 0.29) is 55.2 Å². The molecule has 1 aromatic heterocycles. The van der Waals surface area contributed by atoms with E-state index in [2.05, 4.69) is 26.3 Å². The van der Waals surface area contributed by atoms with Crippen molar-refractivity contribution in [3.05, 3.63) is 28.8 Å². The minimum absolute atomic E-state index is 0.0554. The van der Waals surface area contributed by atoms with E-state index in [4.69, 9.17) is 26.3 Å². The van der Waals surface area contributed by atoms with Gasteiger partial charge >= 0.3 is 25.7 Å². The lowest BCUT2D eigenvalue weighted by Gasteiger charge is -2.19. The lowest BCUT2D eigenvalue weighted by Crippen LogP contribution is -2.42. The first-order valence-corrected chi connectivity index (χ1v) is 19.7. The molecule has 0 aliphatic carbocycles. The Morgan fingerprint density at radius 2 is 1.36 bits per heavy atom. The summed E-state index contributed by atoms with van der Waals surface area (Å²) in [5.74, 6) is -6.48. The first kappa shape index (κ1) is 48.8. The third kappa shape index (κ3) is 23.3. The van der Waals surface area contributed by atoms with Gasteiger partial charge in [-0.25, -0.2) is 19.4 Å². The average molecular weight is 825 g/mol. The van der Waals surface area contributed by atoms with Crippen LogP contribution >= 0.6 is 19.3 Å². The molecular formula is C33H51ClFN6O13P. The largest absolute Gasteiger partial charge is 0.481 e. The van der Waals surface area contributed by atoms with Crippen LogP contribution in [0.4, 0.5) is 4.39 Å². The zero-order valence-corrected chi connectivity index (χ0v) is 32.2. The van der Waals surface area contributed by atoms with Gasteiger partial charge in [0.2, 0.25) is 23.7 Å². The molecule has 9 N–H and O–H groups in total. The highest BCUT2D eigenvalue weighted by atomic mass is 35.5. The molecule has 310 valence electrons. The van der Waals surface area contributed by atoms with E-state index in [0.29, 0.717) is 58.0 Å². The van der Waals surface area contributed by atoms with E-state index in [1.165, 1.54) is 6.07 Å². The number of carbonyl (C=O) groups is 7. The smallest absolute Gasteiger partial charge is 0.403 e. The first-order chi connectivity index (χ1) is 25.9. The fraction of sp³-hybridized carbons (Fsp3) is 0.636. The molecule has 4 amide bonds. The number of carboxylic acid groups (broad SMARTS) is 3. The molecule has 4 atom stereocenters. The van der Waals surface area contributed by atoms with Crippen LogP contribution in [0.1, 0.15) is 107 Å². The Morgan fingerprint density at radius 3 is 1.96 bits per heavy atom. The van der Waals surface area contributed by atoms with Crippen molar-refractivity contribution in [2.75, 3.05) is 19.7 Å². The van der Waals surface area contributed by atoms with Gasteiger partial charge in [0.05, 0.1) is 17.2 Å². The monoisotopic (exact) mass is 824 g/mol. The zero-order valence-electron chi connectivity index (χ0n) is 30.5. The molecule has 0 fully saturated rings. The molecule has 0 spiro atoms. The van der Waals surface area contributed by atoms with Gasteiger partial charge in [0.1, 0.15) is 12.1 Å². The van der Waals surface area contributed by atoms with E-state index < -0.39 is 80.3 Å². The average Bonchev–Trinajstić information content (AvgIpc) is 3.10. The number of hydrogen-bond acceptors (Lipinski definition) is 10. The number of hydrogen-bond donors (Lipinski definition) is 9. The number of amides is 4. The highest BCUT2D eigenvalue weighted by molar-refractivity contribution is 7.50. The summed E-state index contributed by atoms with van der Waals surface area (Å²) in [6.45, 7) is 2.14. The van der Waals surface area contributed by atoms with Gasteiger partial charge in [-0.1, -0.05) is 24.4 Å². The van der Waals surface area contributed by atoms with Crippen LogP contribution in [0, 0.1) is 5.95 Å². The Morgan fingerprint density at radius 1 is 0.782 bits per heavy atom. The summed E-state index contributed by atoms with van der Waals surface area (Å²) in [6.07, 6.45) is 4.18. The number of aromatic nitrogens is 1. The lowest BCUT2D eigenvalue weighted by molar-refractivity contribution is -0.142. The summed E-state index contributed by atoms with van der Waals surface area (Å²) in [6, 6.07) is -2.15. The van der Waals surface area contributed by atoms with Gasteiger partial charge in [0.15, 0.2) is 0 Å². The molecule has 0 aromatic carbocycles. The van der Waals surface area contributed by atoms with Crippen LogP contribution < -0.4 is 26.4 Å². The van der Waals surface area contributed by atoms with E-state index in [1.54, 1.807) is 6.92 Å². The second kappa shape index (κ2) is 26.6. The number of pyridine rings is 1. The Kier molecular flexibility index (Phi) is 23.6. The maximum atomic E-state index is 13.1. The quantitative estimate of drug-likeness (QED) is 0.0306. The second-order valence-corrected chi connectivity index (χ2v) is 14.6. The van der Waals surface area contributed by atoms with Crippen molar-refractivity contribution < 1.29 is 67.3 Å². The van der Waals surface area contributed by atoms with Crippen LogP contribution in [0.25, 0.3) is 0 Å². The van der Waals surface area contributed by atoms with Gasteiger partial charge < -0.3 is 41.5 Å². The predicted octanol–water partition coefficient (Wildman–Crippen LogP) is 2.50. The minimum Gasteiger partial charge on any atom is -0.481 e. The SMILES string of the molecule is C[C@H](CCCOP(=O)(O)N[C@@H](CCC(=O)O)C(=O)O)NC(=O)CC[C@H](NC(=O)CCCCCNC(=O)CCCCCNC(=O)c1cnc(F)c(Cl)c1)C(=O)O. The lowest BCUT2D eigenvalue weighted by atomic mass is 10.1. The molecule has 0 saturated carbocycles. The van der Waals surface area contributed by atoms with Crippen LogP contribution in [-0.4, -0.2) is 105 Å². The van der Waals surface area contributed by atoms with Crippen molar-refractivity contribution in [3.8, 4) is 0 Å². The van der Waals surface area contributed by atoms with Crippen molar-refractivity contribution in [2.24, 2.45) is 0 Å². The van der Waals surface area contributed by atoms with E-state index in [0.717, 1.165) is 6.20 Å². The van der Waals surface area contributed by atoms with Gasteiger partial charge in [0.25, 0.3) is 5.91 Å². The summed E-state index contributed by atoms with van der Waals surface area (Å²) >= 11 is 5.63. The molecule has 1 rings (SSSR count). The highest BCUT2D eigenvalue weighted by Crippen LogP contribution is 2.38. The van der Waals surface area contributed by atoms with E-state index in [1.807, 2.05) is 5.09 Å².